The smallest absolute Gasteiger partial charge is 0.146 e. The maximum atomic E-state index is 6.02. The molecule has 0 aromatic heterocycles. The lowest BCUT2D eigenvalue weighted by Gasteiger charge is -2.29. The summed E-state index contributed by atoms with van der Waals surface area (Å²) < 4.78 is 5.16. The highest BCUT2D eigenvalue weighted by Crippen LogP contribution is 2.05. The lowest BCUT2D eigenvalue weighted by Crippen LogP contribution is -2.56. The molecule has 3 N–H and O–H groups in total. The zero-order valence-corrected chi connectivity index (χ0v) is 9.81. The topological polar surface area (TPSA) is 47.3 Å². The fraction of sp³-hybridized carbons (Fsp3) is 1.00. The van der Waals surface area contributed by atoms with Crippen molar-refractivity contribution in [3.05, 3.63) is 0 Å². The minimum atomic E-state index is -0.286. The van der Waals surface area contributed by atoms with E-state index >= 15 is 0 Å². The van der Waals surface area contributed by atoms with Gasteiger partial charge >= 0.3 is 0 Å². The maximum absolute atomic E-state index is 6.02. The zero-order chi connectivity index (χ0) is 8.74. The van der Waals surface area contributed by atoms with E-state index in [1.807, 2.05) is 0 Å². The van der Waals surface area contributed by atoms with Crippen molar-refractivity contribution in [2.24, 2.45) is 5.73 Å². The van der Waals surface area contributed by atoms with Crippen molar-refractivity contribution in [3.63, 3.8) is 0 Å². The SMILES string of the molecule is CCCC(N)(CO[SiH3])NCC. The van der Waals surface area contributed by atoms with Crippen LogP contribution in [-0.2, 0) is 4.43 Å². The highest BCUT2D eigenvalue weighted by molar-refractivity contribution is 5.97. The van der Waals surface area contributed by atoms with E-state index in [1.165, 1.54) is 0 Å². The lowest BCUT2D eigenvalue weighted by atomic mass is 10.1. The molecule has 0 saturated carbocycles. The van der Waals surface area contributed by atoms with Crippen LogP contribution < -0.4 is 11.1 Å². The van der Waals surface area contributed by atoms with Crippen LogP contribution in [0.15, 0.2) is 0 Å². The van der Waals surface area contributed by atoms with Gasteiger partial charge in [0.05, 0.1) is 12.3 Å². The van der Waals surface area contributed by atoms with Crippen molar-refractivity contribution in [3.8, 4) is 0 Å². The van der Waals surface area contributed by atoms with E-state index in [0.717, 1.165) is 29.9 Å². The molecule has 0 aliphatic rings. The monoisotopic (exact) mass is 176 g/mol. The van der Waals surface area contributed by atoms with Crippen molar-refractivity contribution in [1.29, 1.82) is 0 Å². The largest absolute Gasteiger partial charge is 0.425 e. The molecule has 4 heteroatoms. The van der Waals surface area contributed by atoms with Crippen LogP contribution in [-0.4, -0.2) is 29.3 Å². The first kappa shape index (κ1) is 11.1. The summed E-state index contributed by atoms with van der Waals surface area (Å²) >= 11 is 0. The molecule has 0 amide bonds. The number of rotatable bonds is 6. The molecule has 0 aliphatic carbocycles. The Bertz CT molecular complexity index is 83.4. The molecule has 0 saturated heterocycles. The van der Waals surface area contributed by atoms with Crippen molar-refractivity contribution in [2.45, 2.75) is 32.4 Å². The van der Waals surface area contributed by atoms with Crippen LogP contribution in [0, 0.1) is 0 Å². The molecule has 0 bridgehead atoms. The molecular weight excluding hydrogens is 156 g/mol. The van der Waals surface area contributed by atoms with Gasteiger partial charge < -0.3 is 10.2 Å². The third-order valence-corrected chi connectivity index (χ3v) is 1.92. The van der Waals surface area contributed by atoms with Gasteiger partial charge in [-0.2, -0.15) is 0 Å². The highest BCUT2D eigenvalue weighted by Gasteiger charge is 2.21. The Balaban J connectivity index is 3.79. The summed E-state index contributed by atoms with van der Waals surface area (Å²) in [6.45, 7) is 5.73. The van der Waals surface area contributed by atoms with Crippen LogP contribution in [0.5, 0.6) is 0 Å². The Labute approximate surface area is 72.2 Å². The summed E-state index contributed by atoms with van der Waals surface area (Å²) in [5, 5.41) is 3.24. The van der Waals surface area contributed by atoms with Crippen LogP contribution in [0.25, 0.3) is 0 Å². The standard InChI is InChI=1S/C7H20N2OSi/c1-3-5-7(8,6-10-11)9-4-2/h9H,3-6,8H2,1-2,11H3. The molecule has 1 unspecified atom stereocenters. The first-order chi connectivity index (χ1) is 5.18. The highest BCUT2D eigenvalue weighted by atomic mass is 28.2. The van der Waals surface area contributed by atoms with Gasteiger partial charge in [0.15, 0.2) is 0 Å². The molecule has 0 aliphatic heterocycles. The van der Waals surface area contributed by atoms with E-state index in [4.69, 9.17) is 10.2 Å². The Morgan fingerprint density at radius 2 is 2.18 bits per heavy atom. The van der Waals surface area contributed by atoms with Crippen LogP contribution in [0.2, 0.25) is 0 Å². The molecule has 3 nitrogen and oxygen atoms in total. The van der Waals surface area contributed by atoms with E-state index < -0.39 is 0 Å². The number of hydrogen-bond acceptors (Lipinski definition) is 3. The fourth-order valence-electron chi connectivity index (χ4n) is 1.27. The summed E-state index contributed by atoms with van der Waals surface area (Å²) in [7, 11) is 0.764. The van der Waals surface area contributed by atoms with E-state index in [1.54, 1.807) is 0 Å². The molecule has 0 spiro atoms. The molecule has 68 valence electrons. The average Bonchev–Trinajstić information content (AvgIpc) is 1.88. The first-order valence-corrected chi connectivity index (χ1v) is 5.03. The Hall–Kier alpha value is 0.0969. The van der Waals surface area contributed by atoms with Gasteiger partial charge in [-0.15, -0.1) is 0 Å². The molecule has 0 aromatic carbocycles. The van der Waals surface area contributed by atoms with Crippen molar-refractivity contribution >= 4 is 10.5 Å². The molecule has 11 heavy (non-hydrogen) atoms. The second kappa shape index (κ2) is 5.71. The van der Waals surface area contributed by atoms with Gasteiger partial charge in [-0.1, -0.05) is 20.3 Å². The number of hydrogen-bond donors (Lipinski definition) is 2. The fourth-order valence-corrected chi connectivity index (χ4v) is 1.78. The number of likely N-dealkylation sites (N-methyl/N-ethyl adjacent to an activating group) is 1. The second-order valence-corrected chi connectivity index (χ2v) is 3.45. The minimum absolute atomic E-state index is 0.286. The van der Waals surface area contributed by atoms with Gasteiger partial charge in [-0.05, 0) is 13.0 Å². The van der Waals surface area contributed by atoms with Crippen LogP contribution >= 0.6 is 0 Å². The van der Waals surface area contributed by atoms with Crippen LogP contribution in [0.4, 0.5) is 0 Å². The molecule has 1 atom stereocenters. The second-order valence-electron chi connectivity index (χ2n) is 2.87. The third kappa shape index (κ3) is 4.52. The van der Waals surface area contributed by atoms with E-state index in [0.29, 0.717) is 6.61 Å². The average molecular weight is 176 g/mol. The molecule has 0 radical (unpaired) electrons. The van der Waals surface area contributed by atoms with Crippen molar-refractivity contribution < 1.29 is 4.43 Å². The number of nitrogens with two attached hydrogens (primary N) is 1. The van der Waals surface area contributed by atoms with Gasteiger partial charge in [-0.3, -0.25) is 5.32 Å². The molecule has 0 heterocycles. The molecule has 0 fully saturated rings. The van der Waals surface area contributed by atoms with Gasteiger partial charge in [0.2, 0.25) is 0 Å². The summed E-state index contributed by atoms with van der Waals surface area (Å²) in [5.41, 5.74) is 5.73. The van der Waals surface area contributed by atoms with Crippen molar-refractivity contribution in [2.75, 3.05) is 13.2 Å². The zero-order valence-electron chi connectivity index (χ0n) is 7.81. The van der Waals surface area contributed by atoms with E-state index in [-0.39, 0.29) is 5.66 Å². The van der Waals surface area contributed by atoms with Gasteiger partial charge in [-0.25, -0.2) is 0 Å². The van der Waals surface area contributed by atoms with Crippen LogP contribution in [0.1, 0.15) is 26.7 Å². The van der Waals surface area contributed by atoms with Gasteiger partial charge in [0, 0.05) is 0 Å². The molecular formula is C7H20N2OSi. The van der Waals surface area contributed by atoms with Crippen molar-refractivity contribution in [1.82, 2.24) is 5.32 Å². The summed E-state index contributed by atoms with van der Waals surface area (Å²) in [6, 6.07) is 0. The summed E-state index contributed by atoms with van der Waals surface area (Å²) in [4.78, 5) is 0. The predicted molar refractivity (Wildman–Crippen MR) is 51.4 cm³/mol. The minimum Gasteiger partial charge on any atom is -0.425 e. The Kier molecular flexibility index (Phi) is 5.76. The van der Waals surface area contributed by atoms with E-state index in [2.05, 4.69) is 19.2 Å². The summed E-state index contributed by atoms with van der Waals surface area (Å²) in [6.07, 6.45) is 2.07. The third-order valence-electron chi connectivity index (χ3n) is 1.63. The predicted octanol–water partition coefficient (Wildman–Crippen LogP) is -0.652. The Morgan fingerprint density at radius 1 is 1.55 bits per heavy atom. The molecule has 0 rings (SSSR count). The Morgan fingerprint density at radius 3 is 2.55 bits per heavy atom. The van der Waals surface area contributed by atoms with Gasteiger partial charge in [0.1, 0.15) is 10.5 Å². The normalized spacial score (nSPS) is 16.6. The molecule has 0 aromatic rings. The van der Waals surface area contributed by atoms with Crippen LogP contribution in [0.3, 0.4) is 0 Å². The van der Waals surface area contributed by atoms with E-state index in [9.17, 15) is 0 Å². The van der Waals surface area contributed by atoms with Gasteiger partial charge in [0.25, 0.3) is 0 Å². The number of nitrogens with one attached hydrogen (secondary N) is 1. The maximum Gasteiger partial charge on any atom is 0.146 e. The first-order valence-electron chi connectivity index (χ1n) is 4.21. The quantitative estimate of drug-likeness (QED) is 0.417. The lowest BCUT2D eigenvalue weighted by molar-refractivity contribution is 0.186. The summed E-state index contributed by atoms with van der Waals surface area (Å²) in [5.74, 6) is 0.